The number of nitrogens with zero attached hydrogens (tertiary/aromatic N) is 1. The average Bonchev–Trinajstić information content (AvgIpc) is 2.78. The van der Waals surface area contributed by atoms with E-state index in [9.17, 15) is 17.6 Å². The number of halogens is 1. The number of nitrogens with one attached hydrogen (secondary N) is 2. The van der Waals surface area contributed by atoms with Crippen LogP contribution in [0.4, 0.5) is 10.1 Å². The smallest absolute Gasteiger partial charge is 0.261 e. The van der Waals surface area contributed by atoms with Gasteiger partial charge in [-0.15, -0.1) is 0 Å². The quantitative estimate of drug-likeness (QED) is 0.700. The molecule has 3 rings (SSSR count). The van der Waals surface area contributed by atoms with E-state index >= 15 is 0 Å². The molecule has 0 saturated carbocycles. The number of rotatable bonds is 4. The number of benzene rings is 2. The fraction of sp³-hybridized carbons (Fsp3) is 0.435. The van der Waals surface area contributed by atoms with Gasteiger partial charge in [-0.05, 0) is 55.3 Å². The molecule has 0 radical (unpaired) electrons. The van der Waals surface area contributed by atoms with Crippen molar-refractivity contribution in [3.05, 3.63) is 53.8 Å². The molecule has 0 spiro atoms. The zero-order valence-corrected chi connectivity index (χ0v) is 20.0. The molecule has 2 N–H and O–H groups in total. The van der Waals surface area contributed by atoms with Crippen molar-refractivity contribution in [1.82, 2.24) is 10.2 Å². The molecule has 0 aromatic heterocycles. The monoisotopic (exact) mass is 479 g/mol. The Labute approximate surface area is 194 Å². The van der Waals surface area contributed by atoms with E-state index in [1.54, 1.807) is 20.2 Å². The molecule has 0 fully saturated rings. The standard InChI is InChI=1S/C23H30FN3O5S/c1-15-12-25-16(2)14-32-21-10-7-18(11-20(21)23(28)27(3)13-22(15)31-4)26-33(29,30)19-8-5-17(24)6-9-19/h5-11,15-16,22,25-26H,12-14H2,1-4H3/t15-,16+,22-/m1/s1. The molecule has 1 aliphatic heterocycles. The predicted octanol–water partition coefficient (Wildman–Crippen LogP) is 2.72. The molecule has 1 aliphatic rings. The minimum absolute atomic E-state index is 0.0294. The highest BCUT2D eigenvalue weighted by Gasteiger charge is 2.26. The maximum absolute atomic E-state index is 13.3. The van der Waals surface area contributed by atoms with E-state index in [1.165, 1.54) is 29.2 Å². The normalized spacial score (nSPS) is 22.5. The van der Waals surface area contributed by atoms with E-state index in [-0.39, 0.29) is 40.1 Å². The SMILES string of the molecule is CO[C@@H]1CN(C)C(=O)c2cc(NS(=O)(=O)c3ccc(F)cc3)ccc2OC[C@H](C)NC[C@H]1C. The number of hydrogen-bond acceptors (Lipinski definition) is 6. The van der Waals surface area contributed by atoms with Crippen molar-refractivity contribution in [3.63, 3.8) is 0 Å². The first-order valence-electron chi connectivity index (χ1n) is 10.7. The number of ether oxygens (including phenoxy) is 2. The Morgan fingerprint density at radius 3 is 2.55 bits per heavy atom. The summed E-state index contributed by atoms with van der Waals surface area (Å²) < 4.78 is 52.6. The van der Waals surface area contributed by atoms with Crippen molar-refractivity contribution in [2.75, 3.05) is 38.6 Å². The molecule has 2 aromatic carbocycles. The molecular formula is C23H30FN3O5S. The molecule has 180 valence electrons. The van der Waals surface area contributed by atoms with Crippen LogP contribution in [0.3, 0.4) is 0 Å². The third-order valence-corrected chi connectivity index (χ3v) is 7.00. The number of carbonyl (C=O) groups is 1. The molecule has 33 heavy (non-hydrogen) atoms. The van der Waals surface area contributed by atoms with Gasteiger partial charge in [-0.1, -0.05) is 6.92 Å². The summed E-state index contributed by atoms with van der Waals surface area (Å²) in [5.41, 5.74) is 0.422. The average molecular weight is 480 g/mol. The molecule has 3 atom stereocenters. The number of methoxy groups -OCH3 is 1. The van der Waals surface area contributed by atoms with Gasteiger partial charge in [-0.2, -0.15) is 0 Å². The molecule has 1 heterocycles. The van der Waals surface area contributed by atoms with Crippen molar-refractivity contribution >= 4 is 21.6 Å². The van der Waals surface area contributed by atoms with Gasteiger partial charge in [0.2, 0.25) is 0 Å². The van der Waals surface area contributed by atoms with Crippen LogP contribution in [0, 0.1) is 11.7 Å². The lowest BCUT2D eigenvalue weighted by molar-refractivity contribution is 0.0281. The highest BCUT2D eigenvalue weighted by molar-refractivity contribution is 7.92. The van der Waals surface area contributed by atoms with Gasteiger partial charge in [0.1, 0.15) is 18.2 Å². The van der Waals surface area contributed by atoms with E-state index in [4.69, 9.17) is 9.47 Å². The van der Waals surface area contributed by atoms with Gasteiger partial charge < -0.3 is 19.7 Å². The number of fused-ring (bicyclic) bond motifs is 1. The molecular weight excluding hydrogens is 449 g/mol. The van der Waals surface area contributed by atoms with Gasteiger partial charge in [0.05, 0.1) is 16.6 Å². The summed E-state index contributed by atoms with van der Waals surface area (Å²) in [7, 11) is -0.681. The van der Waals surface area contributed by atoms with Crippen LogP contribution in [0.1, 0.15) is 24.2 Å². The van der Waals surface area contributed by atoms with Crippen LogP contribution in [0.2, 0.25) is 0 Å². The second-order valence-electron chi connectivity index (χ2n) is 8.33. The molecule has 1 amide bonds. The van der Waals surface area contributed by atoms with Crippen LogP contribution in [-0.4, -0.2) is 65.2 Å². The Bertz CT molecular complexity index is 1080. The lowest BCUT2D eigenvalue weighted by Gasteiger charge is -2.30. The number of carbonyl (C=O) groups excluding carboxylic acids is 1. The number of anilines is 1. The van der Waals surface area contributed by atoms with E-state index in [0.717, 1.165) is 12.1 Å². The van der Waals surface area contributed by atoms with Gasteiger partial charge in [0.25, 0.3) is 15.9 Å². The molecule has 0 unspecified atom stereocenters. The zero-order chi connectivity index (χ0) is 24.2. The fourth-order valence-electron chi connectivity index (χ4n) is 3.55. The third-order valence-electron chi connectivity index (χ3n) is 5.60. The van der Waals surface area contributed by atoms with Crippen molar-refractivity contribution < 1.29 is 27.1 Å². The summed E-state index contributed by atoms with van der Waals surface area (Å²) >= 11 is 0. The first-order chi connectivity index (χ1) is 15.6. The summed E-state index contributed by atoms with van der Waals surface area (Å²) in [6.45, 7) is 5.43. The van der Waals surface area contributed by atoms with Crippen molar-refractivity contribution in [3.8, 4) is 5.75 Å². The summed E-state index contributed by atoms with van der Waals surface area (Å²) in [4.78, 5) is 14.7. The Morgan fingerprint density at radius 2 is 1.88 bits per heavy atom. The van der Waals surface area contributed by atoms with Gasteiger partial charge in [-0.25, -0.2) is 12.8 Å². The van der Waals surface area contributed by atoms with E-state index in [1.807, 2.05) is 6.92 Å². The minimum Gasteiger partial charge on any atom is -0.491 e. The Balaban J connectivity index is 1.93. The van der Waals surface area contributed by atoms with E-state index in [0.29, 0.717) is 25.4 Å². The molecule has 10 heteroatoms. The largest absolute Gasteiger partial charge is 0.491 e. The highest BCUT2D eigenvalue weighted by Crippen LogP contribution is 2.27. The first-order valence-corrected chi connectivity index (χ1v) is 12.2. The third kappa shape index (κ3) is 6.21. The van der Waals surface area contributed by atoms with Gasteiger partial charge in [0, 0.05) is 39.0 Å². The van der Waals surface area contributed by atoms with Crippen molar-refractivity contribution in [2.45, 2.75) is 30.9 Å². The van der Waals surface area contributed by atoms with E-state index in [2.05, 4.69) is 17.0 Å². The second-order valence-corrected chi connectivity index (χ2v) is 10.0. The van der Waals surface area contributed by atoms with Crippen LogP contribution < -0.4 is 14.8 Å². The Morgan fingerprint density at radius 1 is 1.18 bits per heavy atom. The summed E-state index contributed by atoms with van der Waals surface area (Å²) in [6.07, 6.45) is -0.178. The number of sulfonamides is 1. The molecule has 2 aromatic rings. The lowest BCUT2D eigenvalue weighted by atomic mass is 10.0. The van der Waals surface area contributed by atoms with Crippen LogP contribution in [0.5, 0.6) is 5.75 Å². The Kier molecular flexibility index (Phi) is 7.93. The van der Waals surface area contributed by atoms with E-state index < -0.39 is 15.8 Å². The number of hydrogen-bond donors (Lipinski definition) is 2. The highest BCUT2D eigenvalue weighted by atomic mass is 32.2. The maximum Gasteiger partial charge on any atom is 0.261 e. The lowest BCUT2D eigenvalue weighted by Crippen LogP contribution is -2.44. The molecule has 0 saturated heterocycles. The number of amides is 1. The fourth-order valence-corrected chi connectivity index (χ4v) is 4.60. The maximum atomic E-state index is 13.3. The topological polar surface area (TPSA) is 97.0 Å². The first kappa shape index (κ1) is 24.9. The molecule has 8 nitrogen and oxygen atoms in total. The summed E-state index contributed by atoms with van der Waals surface area (Å²) in [5.74, 6) is -0.344. The summed E-state index contributed by atoms with van der Waals surface area (Å²) in [5, 5.41) is 3.41. The van der Waals surface area contributed by atoms with Gasteiger partial charge in [0.15, 0.2) is 0 Å². The van der Waals surface area contributed by atoms with Crippen LogP contribution in [-0.2, 0) is 14.8 Å². The van der Waals surface area contributed by atoms with Crippen molar-refractivity contribution in [1.29, 1.82) is 0 Å². The minimum atomic E-state index is -3.97. The number of likely N-dealkylation sites (N-methyl/N-ethyl adjacent to an activating group) is 1. The molecule has 0 bridgehead atoms. The van der Waals surface area contributed by atoms with Gasteiger partial charge in [-0.3, -0.25) is 9.52 Å². The molecule has 0 aliphatic carbocycles. The zero-order valence-electron chi connectivity index (χ0n) is 19.2. The predicted molar refractivity (Wildman–Crippen MR) is 124 cm³/mol. The van der Waals surface area contributed by atoms with Crippen LogP contribution >= 0.6 is 0 Å². The van der Waals surface area contributed by atoms with Crippen LogP contribution in [0.15, 0.2) is 47.4 Å². The van der Waals surface area contributed by atoms with Gasteiger partial charge >= 0.3 is 0 Å². The summed E-state index contributed by atoms with van der Waals surface area (Å²) in [6, 6.07) is 9.06. The second kappa shape index (κ2) is 10.5. The van der Waals surface area contributed by atoms with Crippen molar-refractivity contribution in [2.24, 2.45) is 5.92 Å². The Hall–Kier alpha value is -2.69. The van der Waals surface area contributed by atoms with Crippen LogP contribution in [0.25, 0.3) is 0 Å².